The smallest absolute Gasteiger partial charge is 0.0492 e. The van der Waals surface area contributed by atoms with Gasteiger partial charge in [-0.3, -0.25) is 0 Å². The van der Waals surface area contributed by atoms with Crippen LogP contribution in [0.25, 0.3) is 10.9 Å². The van der Waals surface area contributed by atoms with Crippen LogP contribution >= 0.6 is 0 Å². The Morgan fingerprint density at radius 3 is 2.85 bits per heavy atom. The molecule has 1 nitrogen and oxygen atoms in total. The lowest BCUT2D eigenvalue weighted by Gasteiger charge is -1.91. The highest BCUT2D eigenvalue weighted by Crippen LogP contribution is 2.21. The SMILES string of the molecule is C#CCc1[nH]c2ccccc2c1C. The van der Waals surface area contributed by atoms with Crippen LogP contribution in [0, 0.1) is 19.3 Å². The van der Waals surface area contributed by atoms with E-state index < -0.39 is 0 Å². The van der Waals surface area contributed by atoms with Crippen molar-refractivity contribution in [2.24, 2.45) is 0 Å². The summed E-state index contributed by atoms with van der Waals surface area (Å²) in [6.07, 6.45) is 5.96. The first kappa shape index (κ1) is 7.94. The van der Waals surface area contributed by atoms with E-state index in [0.717, 1.165) is 5.69 Å². The summed E-state index contributed by atoms with van der Waals surface area (Å²) in [5.74, 6) is 2.65. The molecular formula is C12H11N. The van der Waals surface area contributed by atoms with Gasteiger partial charge in [0, 0.05) is 23.0 Å². The zero-order valence-corrected chi connectivity index (χ0v) is 7.59. The number of aromatic amines is 1. The van der Waals surface area contributed by atoms with E-state index in [-0.39, 0.29) is 0 Å². The van der Waals surface area contributed by atoms with Crippen LogP contribution in [0.5, 0.6) is 0 Å². The highest BCUT2D eigenvalue weighted by molar-refractivity contribution is 5.84. The first-order chi connectivity index (χ1) is 6.33. The average Bonchev–Trinajstić information content (AvgIpc) is 2.46. The minimum absolute atomic E-state index is 0.681. The summed E-state index contributed by atoms with van der Waals surface area (Å²) in [5.41, 5.74) is 3.60. The van der Waals surface area contributed by atoms with Crippen LogP contribution < -0.4 is 0 Å². The second-order valence-electron chi connectivity index (χ2n) is 3.16. The molecule has 0 amide bonds. The Morgan fingerprint density at radius 2 is 2.15 bits per heavy atom. The lowest BCUT2D eigenvalue weighted by Crippen LogP contribution is -1.82. The van der Waals surface area contributed by atoms with Gasteiger partial charge in [-0.2, -0.15) is 0 Å². The molecule has 0 saturated heterocycles. The second-order valence-corrected chi connectivity index (χ2v) is 3.16. The van der Waals surface area contributed by atoms with Crippen molar-refractivity contribution in [3.8, 4) is 12.3 Å². The first-order valence-corrected chi connectivity index (χ1v) is 4.32. The molecule has 0 saturated carbocycles. The van der Waals surface area contributed by atoms with Gasteiger partial charge in [0.25, 0.3) is 0 Å². The van der Waals surface area contributed by atoms with Crippen molar-refractivity contribution < 1.29 is 0 Å². The molecule has 1 N–H and O–H groups in total. The van der Waals surface area contributed by atoms with Gasteiger partial charge in [0.2, 0.25) is 0 Å². The molecule has 0 bridgehead atoms. The van der Waals surface area contributed by atoms with Crippen molar-refractivity contribution in [1.29, 1.82) is 0 Å². The summed E-state index contributed by atoms with van der Waals surface area (Å²) in [6.45, 7) is 2.10. The third-order valence-electron chi connectivity index (χ3n) is 2.35. The quantitative estimate of drug-likeness (QED) is 0.632. The number of hydrogen-bond acceptors (Lipinski definition) is 0. The zero-order valence-electron chi connectivity index (χ0n) is 7.59. The molecule has 0 aliphatic heterocycles. The van der Waals surface area contributed by atoms with Gasteiger partial charge in [0.1, 0.15) is 0 Å². The van der Waals surface area contributed by atoms with Crippen LogP contribution in [0.2, 0.25) is 0 Å². The summed E-state index contributed by atoms with van der Waals surface area (Å²) in [7, 11) is 0. The molecule has 13 heavy (non-hydrogen) atoms. The van der Waals surface area contributed by atoms with Crippen LogP contribution in [0.15, 0.2) is 24.3 Å². The van der Waals surface area contributed by atoms with Gasteiger partial charge in [-0.05, 0) is 18.6 Å². The molecule has 0 atom stereocenters. The van der Waals surface area contributed by atoms with E-state index in [0.29, 0.717) is 6.42 Å². The predicted molar refractivity (Wildman–Crippen MR) is 55.6 cm³/mol. The molecular weight excluding hydrogens is 158 g/mol. The fourth-order valence-corrected chi connectivity index (χ4v) is 1.62. The number of aryl methyl sites for hydroxylation is 1. The van der Waals surface area contributed by atoms with Gasteiger partial charge in [-0.15, -0.1) is 12.3 Å². The third-order valence-corrected chi connectivity index (χ3v) is 2.35. The number of terminal acetylenes is 1. The minimum Gasteiger partial charge on any atom is -0.357 e. The highest BCUT2D eigenvalue weighted by atomic mass is 14.7. The molecule has 0 fully saturated rings. The van der Waals surface area contributed by atoms with E-state index in [1.54, 1.807) is 0 Å². The fraction of sp³-hybridized carbons (Fsp3) is 0.167. The van der Waals surface area contributed by atoms with Crippen molar-refractivity contribution in [1.82, 2.24) is 4.98 Å². The van der Waals surface area contributed by atoms with Crippen LogP contribution in [-0.2, 0) is 6.42 Å². The normalized spacial score (nSPS) is 10.2. The van der Waals surface area contributed by atoms with Crippen molar-refractivity contribution in [3.05, 3.63) is 35.5 Å². The van der Waals surface area contributed by atoms with Gasteiger partial charge in [-0.1, -0.05) is 18.2 Å². The van der Waals surface area contributed by atoms with Crippen molar-refractivity contribution in [2.75, 3.05) is 0 Å². The second kappa shape index (κ2) is 2.99. The summed E-state index contributed by atoms with van der Waals surface area (Å²) < 4.78 is 0. The van der Waals surface area contributed by atoms with Gasteiger partial charge >= 0.3 is 0 Å². The Kier molecular flexibility index (Phi) is 1.83. The molecule has 2 aromatic rings. The topological polar surface area (TPSA) is 15.8 Å². The Balaban J connectivity index is 2.68. The number of H-pyrrole nitrogens is 1. The minimum atomic E-state index is 0.681. The number of nitrogens with one attached hydrogen (secondary N) is 1. The van der Waals surface area contributed by atoms with Crippen molar-refractivity contribution >= 4 is 10.9 Å². The maximum atomic E-state index is 5.28. The Bertz CT molecular complexity index is 471. The maximum Gasteiger partial charge on any atom is 0.0492 e. The predicted octanol–water partition coefficient (Wildman–Crippen LogP) is 2.65. The largest absolute Gasteiger partial charge is 0.357 e. The number of rotatable bonds is 1. The van der Waals surface area contributed by atoms with Crippen LogP contribution in [0.3, 0.4) is 0 Å². The molecule has 2 rings (SSSR count). The molecule has 64 valence electrons. The summed E-state index contributed by atoms with van der Waals surface area (Å²) in [5, 5.41) is 1.27. The Morgan fingerprint density at radius 1 is 1.38 bits per heavy atom. The standard InChI is InChI=1S/C12H11N/c1-3-6-11-9(2)10-7-4-5-8-12(10)13-11/h1,4-5,7-8,13H,6H2,2H3. The van der Waals surface area contributed by atoms with E-state index >= 15 is 0 Å². The number of para-hydroxylation sites is 1. The van der Waals surface area contributed by atoms with Gasteiger partial charge < -0.3 is 4.98 Å². The molecule has 0 spiro atoms. The lowest BCUT2D eigenvalue weighted by atomic mass is 10.1. The van der Waals surface area contributed by atoms with Crippen LogP contribution in [0.1, 0.15) is 11.3 Å². The molecule has 0 aliphatic rings. The average molecular weight is 169 g/mol. The number of hydrogen-bond donors (Lipinski definition) is 1. The lowest BCUT2D eigenvalue weighted by molar-refractivity contribution is 1.17. The van der Waals surface area contributed by atoms with Crippen molar-refractivity contribution in [3.63, 3.8) is 0 Å². The highest BCUT2D eigenvalue weighted by Gasteiger charge is 2.04. The molecule has 0 radical (unpaired) electrons. The monoisotopic (exact) mass is 169 g/mol. The van der Waals surface area contributed by atoms with Gasteiger partial charge in [-0.25, -0.2) is 0 Å². The number of fused-ring (bicyclic) bond motifs is 1. The Hall–Kier alpha value is -1.68. The molecule has 1 aromatic heterocycles. The molecule has 1 heteroatoms. The van der Waals surface area contributed by atoms with Gasteiger partial charge in [0.05, 0.1) is 0 Å². The summed E-state index contributed by atoms with van der Waals surface area (Å²) in [6, 6.07) is 8.25. The van der Waals surface area contributed by atoms with Gasteiger partial charge in [0.15, 0.2) is 0 Å². The van der Waals surface area contributed by atoms with E-state index in [9.17, 15) is 0 Å². The fourth-order valence-electron chi connectivity index (χ4n) is 1.62. The zero-order chi connectivity index (χ0) is 9.26. The molecule has 0 aliphatic carbocycles. The Labute approximate surface area is 77.8 Å². The maximum absolute atomic E-state index is 5.28. The molecule has 0 unspecified atom stereocenters. The van der Waals surface area contributed by atoms with E-state index in [2.05, 4.69) is 30.0 Å². The van der Waals surface area contributed by atoms with Crippen LogP contribution in [0.4, 0.5) is 0 Å². The number of aromatic nitrogens is 1. The van der Waals surface area contributed by atoms with E-state index in [1.165, 1.54) is 16.5 Å². The van der Waals surface area contributed by atoms with Crippen LogP contribution in [-0.4, -0.2) is 4.98 Å². The number of benzene rings is 1. The molecule has 1 aromatic carbocycles. The first-order valence-electron chi connectivity index (χ1n) is 4.32. The summed E-state index contributed by atoms with van der Waals surface area (Å²) >= 11 is 0. The third kappa shape index (κ3) is 1.21. The van der Waals surface area contributed by atoms with E-state index in [4.69, 9.17) is 6.42 Å². The molecule has 1 heterocycles. The summed E-state index contributed by atoms with van der Waals surface area (Å²) in [4.78, 5) is 3.32. The van der Waals surface area contributed by atoms with Crippen molar-refractivity contribution in [2.45, 2.75) is 13.3 Å². The van der Waals surface area contributed by atoms with E-state index in [1.807, 2.05) is 12.1 Å².